The maximum absolute atomic E-state index is 13.1. The standard InChI is InChI=1S/C21H20N4O2/c1-13-17(19(27)15-9-5-3-6-10-15)18-21(22-13)25(14(2)26)24-20(23-18)16-11-7-4-8-12-16/h3-12,18,21-22H,1-2H3,(H,23,24)/t18-,21-/m1/s1. The Morgan fingerprint density at radius 2 is 1.63 bits per heavy atom. The summed E-state index contributed by atoms with van der Waals surface area (Å²) in [4.78, 5) is 30.2. The number of allylic oxidation sites excluding steroid dienone is 1. The molecule has 0 saturated heterocycles. The van der Waals surface area contributed by atoms with Gasteiger partial charge in [0.25, 0.3) is 0 Å². The van der Waals surface area contributed by atoms with E-state index in [1.165, 1.54) is 11.9 Å². The molecule has 6 nitrogen and oxygen atoms in total. The first kappa shape index (κ1) is 17.0. The van der Waals surface area contributed by atoms with Gasteiger partial charge in [-0.2, -0.15) is 0 Å². The number of nitrogens with zero attached hydrogens (tertiary/aromatic N) is 2. The van der Waals surface area contributed by atoms with Crippen molar-refractivity contribution in [2.75, 3.05) is 0 Å². The lowest BCUT2D eigenvalue weighted by Crippen LogP contribution is -2.62. The summed E-state index contributed by atoms with van der Waals surface area (Å²) in [5, 5.41) is 4.76. The zero-order chi connectivity index (χ0) is 19.0. The summed E-state index contributed by atoms with van der Waals surface area (Å²) >= 11 is 0. The molecule has 1 amide bonds. The van der Waals surface area contributed by atoms with Crippen molar-refractivity contribution in [3.8, 4) is 0 Å². The zero-order valence-electron chi connectivity index (χ0n) is 15.1. The van der Waals surface area contributed by atoms with Crippen molar-refractivity contribution in [2.24, 2.45) is 4.99 Å². The van der Waals surface area contributed by atoms with Gasteiger partial charge in [0.1, 0.15) is 18.0 Å². The largest absolute Gasteiger partial charge is 0.365 e. The smallest absolute Gasteiger partial charge is 0.239 e. The molecule has 0 aliphatic carbocycles. The number of amidine groups is 1. The lowest BCUT2D eigenvalue weighted by Gasteiger charge is -2.37. The molecule has 2 aliphatic heterocycles. The molecule has 136 valence electrons. The minimum Gasteiger partial charge on any atom is -0.365 e. The van der Waals surface area contributed by atoms with Gasteiger partial charge in [0.2, 0.25) is 5.91 Å². The highest BCUT2D eigenvalue weighted by Crippen LogP contribution is 2.30. The maximum atomic E-state index is 13.1. The lowest BCUT2D eigenvalue weighted by molar-refractivity contribution is -0.134. The molecular weight excluding hydrogens is 340 g/mol. The molecule has 2 aromatic carbocycles. The van der Waals surface area contributed by atoms with Crippen LogP contribution in [-0.2, 0) is 4.79 Å². The molecule has 0 aromatic heterocycles. The van der Waals surface area contributed by atoms with Crippen molar-refractivity contribution < 1.29 is 9.59 Å². The summed E-state index contributed by atoms with van der Waals surface area (Å²) in [5.74, 6) is 0.346. The monoisotopic (exact) mass is 360 g/mol. The number of hydrogen-bond donors (Lipinski definition) is 2. The van der Waals surface area contributed by atoms with Gasteiger partial charge in [-0.1, -0.05) is 60.7 Å². The Morgan fingerprint density at radius 3 is 2.26 bits per heavy atom. The van der Waals surface area contributed by atoms with E-state index in [2.05, 4.69) is 10.7 Å². The average molecular weight is 360 g/mol. The number of hydrazine groups is 1. The number of rotatable bonds is 3. The van der Waals surface area contributed by atoms with Gasteiger partial charge < -0.3 is 5.32 Å². The second-order valence-electron chi connectivity index (χ2n) is 6.61. The molecule has 27 heavy (non-hydrogen) atoms. The van der Waals surface area contributed by atoms with E-state index < -0.39 is 12.2 Å². The van der Waals surface area contributed by atoms with Crippen molar-refractivity contribution in [1.82, 2.24) is 15.8 Å². The fraction of sp³-hybridized carbons (Fsp3) is 0.190. The SMILES string of the molecule is CC(=O)N1NC(c2ccccc2)=N[C@@H]2C(C(=O)c3ccccc3)=C(C)N[C@@H]21. The Labute approximate surface area is 157 Å². The Bertz CT molecular complexity index is 951. The molecule has 2 aliphatic rings. The first-order chi connectivity index (χ1) is 13.1. The number of fused-ring (bicyclic) bond motifs is 1. The summed E-state index contributed by atoms with van der Waals surface area (Å²) in [6.07, 6.45) is -0.433. The predicted octanol–water partition coefficient (Wildman–Crippen LogP) is 2.25. The van der Waals surface area contributed by atoms with Gasteiger partial charge >= 0.3 is 0 Å². The zero-order valence-corrected chi connectivity index (χ0v) is 15.1. The van der Waals surface area contributed by atoms with Crippen molar-refractivity contribution in [1.29, 1.82) is 0 Å². The summed E-state index contributed by atoms with van der Waals surface area (Å²) in [6.45, 7) is 3.34. The van der Waals surface area contributed by atoms with E-state index >= 15 is 0 Å². The Balaban J connectivity index is 1.77. The molecule has 4 rings (SSSR count). The average Bonchev–Trinajstić information content (AvgIpc) is 3.03. The van der Waals surface area contributed by atoms with Crippen LogP contribution >= 0.6 is 0 Å². The van der Waals surface area contributed by atoms with Gasteiger partial charge in [0, 0.05) is 29.3 Å². The van der Waals surface area contributed by atoms with Crippen LogP contribution in [0.4, 0.5) is 0 Å². The molecule has 2 atom stereocenters. The summed E-state index contributed by atoms with van der Waals surface area (Å²) in [7, 11) is 0. The molecule has 0 radical (unpaired) electrons. The number of nitrogens with one attached hydrogen (secondary N) is 2. The highest BCUT2D eigenvalue weighted by Gasteiger charge is 2.44. The van der Waals surface area contributed by atoms with Gasteiger partial charge in [0.15, 0.2) is 5.78 Å². The number of carbonyl (C=O) groups is 2. The Hall–Kier alpha value is -3.41. The number of benzene rings is 2. The van der Waals surface area contributed by atoms with Gasteiger partial charge in [-0.25, -0.2) is 5.01 Å². The van der Waals surface area contributed by atoms with Crippen LogP contribution in [0.15, 0.2) is 76.9 Å². The van der Waals surface area contributed by atoms with Crippen LogP contribution in [0.25, 0.3) is 0 Å². The van der Waals surface area contributed by atoms with Crippen LogP contribution in [0.3, 0.4) is 0 Å². The molecule has 0 bridgehead atoms. The fourth-order valence-corrected chi connectivity index (χ4v) is 3.51. The van der Waals surface area contributed by atoms with E-state index in [-0.39, 0.29) is 11.7 Å². The maximum Gasteiger partial charge on any atom is 0.239 e. The van der Waals surface area contributed by atoms with E-state index in [1.54, 1.807) is 12.1 Å². The quantitative estimate of drug-likeness (QED) is 0.824. The van der Waals surface area contributed by atoms with Crippen molar-refractivity contribution in [2.45, 2.75) is 26.1 Å². The Kier molecular flexibility index (Phi) is 4.24. The number of amides is 1. The molecule has 2 aromatic rings. The highest BCUT2D eigenvalue weighted by atomic mass is 16.2. The molecule has 0 spiro atoms. The van der Waals surface area contributed by atoms with Crippen LogP contribution in [0.5, 0.6) is 0 Å². The van der Waals surface area contributed by atoms with Crippen LogP contribution < -0.4 is 10.7 Å². The topological polar surface area (TPSA) is 73.8 Å². The van der Waals surface area contributed by atoms with Gasteiger partial charge in [0.05, 0.1) is 0 Å². The molecule has 2 heterocycles. The third-order valence-corrected chi connectivity index (χ3v) is 4.80. The first-order valence-corrected chi connectivity index (χ1v) is 8.83. The summed E-state index contributed by atoms with van der Waals surface area (Å²) in [5.41, 5.74) is 5.89. The van der Waals surface area contributed by atoms with Gasteiger partial charge in [-0.3, -0.25) is 20.0 Å². The minimum atomic E-state index is -0.474. The van der Waals surface area contributed by atoms with Crippen LogP contribution in [0, 0.1) is 0 Å². The first-order valence-electron chi connectivity index (χ1n) is 8.83. The number of Topliss-reactive ketones (excluding diaryl/α,β-unsaturated/α-hetero) is 1. The van der Waals surface area contributed by atoms with Crippen LogP contribution in [0.1, 0.15) is 29.8 Å². The van der Waals surface area contributed by atoms with E-state index in [9.17, 15) is 9.59 Å². The number of ketones is 1. The molecule has 0 unspecified atom stereocenters. The summed E-state index contributed by atoms with van der Waals surface area (Å²) < 4.78 is 0. The molecule has 0 fully saturated rings. The normalized spacial score (nSPS) is 21.1. The molecule has 6 heteroatoms. The van der Waals surface area contributed by atoms with Crippen LogP contribution in [0.2, 0.25) is 0 Å². The Morgan fingerprint density at radius 1 is 1.00 bits per heavy atom. The third kappa shape index (κ3) is 2.99. The molecule has 2 N–H and O–H groups in total. The van der Waals surface area contributed by atoms with Gasteiger partial charge in [-0.05, 0) is 6.92 Å². The molecular formula is C21H20N4O2. The number of hydrogen-bond acceptors (Lipinski definition) is 5. The highest BCUT2D eigenvalue weighted by molar-refractivity contribution is 6.11. The second-order valence-corrected chi connectivity index (χ2v) is 6.61. The molecule has 0 saturated carbocycles. The number of aliphatic imine (C=N–C) groups is 1. The van der Waals surface area contributed by atoms with E-state index in [0.717, 1.165) is 11.3 Å². The lowest BCUT2D eigenvalue weighted by atomic mass is 9.96. The van der Waals surface area contributed by atoms with E-state index in [0.29, 0.717) is 17.0 Å². The number of carbonyl (C=O) groups excluding carboxylic acids is 2. The van der Waals surface area contributed by atoms with Crippen LogP contribution in [-0.4, -0.2) is 34.7 Å². The fourth-order valence-electron chi connectivity index (χ4n) is 3.51. The predicted molar refractivity (Wildman–Crippen MR) is 103 cm³/mol. The third-order valence-electron chi connectivity index (χ3n) is 4.80. The summed E-state index contributed by atoms with van der Waals surface area (Å²) in [6, 6.07) is 18.2. The van der Waals surface area contributed by atoms with Gasteiger partial charge in [-0.15, -0.1) is 0 Å². The van der Waals surface area contributed by atoms with E-state index in [4.69, 9.17) is 4.99 Å². The van der Waals surface area contributed by atoms with Crippen molar-refractivity contribution in [3.05, 3.63) is 83.1 Å². The minimum absolute atomic E-state index is 0.0744. The van der Waals surface area contributed by atoms with Crippen molar-refractivity contribution >= 4 is 17.5 Å². The van der Waals surface area contributed by atoms with Crippen molar-refractivity contribution in [3.63, 3.8) is 0 Å². The van der Waals surface area contributed by atoms with E-state index in [1.807, 2.05) is 55.5 Å². The second kappa shape index (κ2) is 6.72.